The second-order valence-corrected chi connectivity index (χ2v) is 5.11. The van der Waals surface area contributed by atoms with Crippen molar-refractivity contribution < 1.29 is 9.18 Å². The fourth-order valence-electron chi connectivity index (χ4n) is 2.27. The number of aryl methyl sites for hydroxylation is 1. The van der Waals surface area contributed by atoms with Crippen LogP contribution in [-0.4, -0.2) is 5.78 Å². The van der Waals surface area contributed by atoms with Crippen LogP contribution in [0.4, 0.5) is 4.39 Å². The first-order chi connectivity index (χ1) is 9.49. The molecule has 0 saturated heterocycles. The number of benzene rings is 2. The molecule has 0 radical (unpaired) electrons. The molecule has 2 nitrogen and oxygen atoms in total. The minimum atomic E-state index is -0.404. The van der Waals surface area contributed by atoms with E-state index in [1.54, 1.807) is 19.9 Å². The van der Waals surface area contributed by atoms with E-state index >= 15 is 0 Å². The highest BCUT2D eigenvalue weighted by Crippen LogP contribution is 2.23. The Kier molecular flexibility index (Phi) is 4.30. The number of rotatable bonds is 4. The van der Waals surface area contributed by atoms with E-state index in [0.717, 1.165) is 11.1 Å². The Bertz CT molecular complexity index is 589. The van der Waals surface area contributed by atoms with Crippen LogP contribution in [0.5, 0.6) is 0 Å². The molecule has 0 aliphatic heterocycles. The van der Waals surface area contributed by atoms with Crippen molar-refractivity contribution in [2.45, 2.75) is 19.9 Å². The molecule has 0 aromatic heterocycles. The molecule has 0 bridgehead atoms. The van der Waals surface area contributed by atoms with Gasteiger partial charge in [-0.05, 0) is 36.2 Å². The van der Waals surface area contributed by atoms with Crippen molar-refractivity contribution in [3.8, 4) is 0 Å². The van der Waals surface area contributed by atoms with Crippen LogP contribution < -0.4 is 5.73 Å². The highest BCUT2D eigenvalue weighted by molar-refractivity contribution is 5.98. The maximum absolute atomic E-state index is 13.4. The van der Waals surface area contributed by atoms with Gasteiger partial charge in [-0.2, -0.15) is 0 Å². The molecule has 0 saturated carbocycles. The van der Waals surface area contributed by atoms with E-state index in [2.05, 4.69) is 0 Å². The molecule has 2 aromatic carbocycles. The molecule has 2 unspecified atom stereocenters. The third kappa shape index (κ3) is 3.11. The highest BCUT2D eigenvalue weighted by atomic mass is 19.1. The van der Waals surface area contributed by atoms with Crippen LogP contribution >= 0.6 is 0 Å². The van der Waals surface area contributed by atoms with Gasteiger partial charge in [0.05, 0.1) is 0 Å². The van der Waals surface area contributed by atoms with Gasteiger partial charge in [0.2, 0.25) is 0 Å². The lowest BCUT2D eigenvalue weighted by atomic mass is 9.88. The van der Waals surface area contributed by atoms with Crippen LogP contribution in [0.25, 0.3) is 0 Å². The minimum Gasteiger partial charge on any atom is -0.323 e. The van der Waals surface area contributed by atoms with Gasteiger partial charge in [0.15, 0.2) is 5.78 Å². The first-order valence-electron chi connectivity index (χ1n) is 6.61. The van der Waals surface area contributed by atoms with Crippen molar-refractivity contribution in [2.24, 2.45) is 11.7 Å². The maximum atomic E-state index is 13.4. The van der Waals surface area contributed by atoms with Gasteiger partial charge in [-0.1, -0.05) is 37.3 Å². The molecule has 0 aliphatic carbocycles. The monoisotopic (exact) mass is 271 g/mol. The zero-order valence-electron chi connectivity index (χ0n) is 11.6. The molecule has 20 heavy (non-hydrogen) atoms. The van der Waals surface area contributed by atoms with Crippen LogP contribution in [0.15, 0.2) is 48.5 Å². The summed E-state index contributed by atoms with van der Waals surface area (Å²) in [4.78, 5) is 12.4. The number of carbonyl (C=O) groups excluding carboxylic acids is 1. The lowest BCUT2D eigenvalue weighted by Crippen LogP contribution is -2.26. The highest BCUT2D eigenvalue weighted by Gasteiger charge is 2.23. The van der Waals surface area contributed by atoms with Gasteiger partial charge in [-0.3, -0.25) is 4.79 Å². The van der Waals surface area contributed by atoms with Gasteiger partial charge in [-0.25, -0.2) is 4.39 Å². The van der Waals surface area contributed by atoms with Crippen molar-refractivity contribution in [1.29, 1.82) is 0 Å². The fraction of sp³-hybridized carbons (Fsp3) is 0.235. The number of halogens is 1. The van der Waals surface area contributed by atoms with Crippen molar-refractivity contribution in [3.63, 3.8) is 0 Å². The molecular formula is C17H18FNO. The van der Waals surface area contributed by atoms with E-state index < -0.39 is 17.8 Å². The summed E-state index contributed by atoms with van der Waals surface area (Å²) < 4.78 is 13.4. The van der Waals surface area contributed by atoms with Crippen molar-refractivity contribution in [3.05, 3.63) is 71.0 Å². The molecular weight excluding hydrogens is 253 g/mol. The number of carbonyl (C=O) groups is 1. The predicted octanol–water partition coefficient (Wildman–Crippen LogP) is 3.65. The van der Waals surface area contributed by atoms with Crippen LogP contribution in [0, 0.1) is 18.7 Å². The lowest BCUT2D eigenvalue weighted by Gasteiger charge is -2.19. The first kappa shape index (κ1) is 14.4. The SMILES string of the molecule is Cc1cc(F)cc(C(=O)C(C)C(N)c2ccccc2)c1. The first-order valence-corrected chi connectivity index (χ1v) is 6.61. The lowest BCUT2D eigenvalue weighted by molar-refractivity contribution is 0.0912. The van der Waals surface area contributed by atoms with E-state index in [1.165, 1.54) is 12.1 Å². The average Bonchev–Trinajstić information content (AvgIpc) is 2.45. The Morgan fingerprint density at radius 3 is 2.40 bits per heavy atom. The summed E-state index contributed by atoms with van der Waals surface area (Å²) in [6.45, 7) is 3.54. The zero-order chi connectivity index (χ0) is 14.7. The van der Waals surface area contributed by atoms with Gasteiger partial charge in [0.25, 0.3) is 0 Å². The summed E-state index contributed by atoms with van der Waals surface area (Å²) in [5.41, 5.74) is 8.15. The zero-order valence-corrected chi connectivity index (χ0v) is 11.6. The largest absolute Gasteiger partial charge is 0.323 e. The van der Waals surface area contributed by atoms with E-state index in [0.29, 0.717) is 5.56 Å². The molecule has 2 aromatic rings. The van der Waals surface area contributed by atoms with E-state index in [1.807, 2.05) is 30.3 Å². The van der Waals surface area contributed by atoms with Gasteiger partial charge >= 0.3 is 0 Å². The Balaban J connectivity index is 2.24. The standard InChI is InChI=1S/C17H18FNO/c1-11-8-14(10-15(18)9-11)17(20)12(2)16(19)13-6-4-3-5-7-13/h3-10,12,16H,19H2,1-2H3. The molecule has 104 valence electrons. The van der Waals surface area contributed by atoms with Gasteiger partial charge in [0, 0.05) is 17.5 Å². The van der Waals surface area contributed by atoms with E-state index in [9.17, 15) is 9.18 Å². The van der Waals surface area contributed by atoms with Crippen LogP contribution in [0.3, 0.4) is 0 Å². The molecule has 0 heterocycles. The van der Waals surface area contributed by atoms with Gasteiger partial charge < -0.3 is 5.73 Å². The van der Waals surface area contributed by atoms with E-state index in [-0.39, 0.29) is 5.78 Å². The maximum Gasteiger partial charge on any atom is 0.167 e. The van der Waals surface area contributed by atoms with Crippen molar-refractivity contribution in [1.82, 2.24) is 0 Å². The smallest absolute Gasteiger partial charge is 0.167 e. The second kappa shape index (κ2) is 5.97. The Morgan fingerprint density at radius 1 is 1.15 bits per heavy atom. The molecule has 2 N–H and O–H groups in total. The van der Waals surface area contributed by atoms with Crippen molar-refractivity contribution in [2.75, 3.05) is 0 Å². The average molecular weight is 271 g/mol. The number of hydrogen-bond donors (Lipinski definition) is 1. The summed E-state index contributed by atoms with van der Waals surface area (Å²) in [6.07, 6.45) is 0. The van der Waals surface area contributed by atoms with Gasteiger partial charge in [0.1, 0.15) is 5.82 Å². The molecule has 0 fully saturated rings. The second-order valence-electron chi connectivity index (χ2n) is 5.11. The number of ketones is 1. The van der Waals surface area contributed by atoms with E-state index in [4.69, 9.17) is 5.73 Å². The van der Waals surface area contributed by atoms with Crippen LogP contribution in [-0.2, 0) is 0 Å². The summed E-state index contributed by atoms with van der Waals surface area (Å²) in [7, 11) is 0. The molecule has 0 amide bonds. The molecule has 0 spiro atoms. The topological polar surface area (TPSA) is 43.1 Å². The Morgan fingerprint density at radius 2 is 1.80 bits per heavy atom. The fourth-order valence-corrected chi connectivity index (χ4v) is 2.27. The number of hydrogen-bond acceptors (Lipinski definition) is 2. The molecule has 2 rings (SSSR count). The molecule has 0 aliphatic rings. The third-order valence-electron chi connectivity index (χ3n) is 3.46. The Hall–Kier alpha value is -2.00. The number of Topliss-reactive ketones (excluding diaryl/α,β-unsaturated/α-hetero) is 1. The van der Waals surface area contributed by atoms with Crippen molar-refractivity contribution >= 4 is 5.78 Å². The quantitative estimate of drug-likeness (QED) is 0.862. The summed E-state index contributed by atoms with van der Waals surface area (Å²) in [6, 6.07) is 13.4. The van der Waals surface area contributed by atoms with Gasteiger partial charge in [-0.15, -0.1) is 0 Å². The van der Waals surface area contributed by atoms with Crippen LogP contribution in [0.1, 0.15) is 34.5 Å². The molecule has 2 atom stereocenters. The summed E-state index contributed by atoms with van der Waals surface area (Å²) >= 11 is 0. The normalized spacial score (nSPS) is 13.8. The predicted molar refractivity (Wildman–Crippen MR) is 78.0 cm³/mol. The number of nitrogens with two attached hydrogens (primary N) is 1. The summed E-state index contributed by atoms with van der Waals surface area (Å²) in [5.74, 6) is -0.934. The molecule has 3 heteroatoms. The minimum absolute atomic E-state index is 0.135. The summed E-state index contributed by atoms with van der Waals surface area (Å²) in [5, 5.41) is 0. The van der Waals surface area contributed by atoms with Crippen LogP contribution in [0.2, 0.25) is 0 Å². The Labute approximate surface area is 118 Å². The third-order valence-corrected chi connectivity index (χ3v) is 3.46.